The van der Waals surface area contributed by atoms with E-state index in [1.54, 1.807) is 13.8 Å². The molecule has 0 spiro atoms. The van der Waals surface area contributed by atoms with E-state index in [9.17, 15) is 5.11 Å². The molecule has 0 amide bonds. The molecule has 2 saturated heterocycles. The predicted octanol–water partition coefficient (Wildman–Crippen LogP) is 1.78. The smallest absolute Gasteiger partial charge is 0.164 e. The summed E-state index contributed by atoms with van der Waals surface area (Å²) in [5.74, 6) is -1.78. The molecule has 2 fully saturated rings. The van der Waals surface area contributed by atoms with E-state index < -0.39 is 17.9 Å². The van der Waals surface area contributed by atoms with Gasteiger partial charge in [-0.25, -0.2) is 0 Å². The van der Waals surface area contributed by atoms with Gasteiger partial charge >= 0.3 is 0 Å². The summed E-state index contributed by atoms with van der Waals surface area (Å²) in [5.41, 5.74) is 0. The SMILES string of the molecule is CCC1OC(OC(C)(C)O)CC2OC(C)(C)OC12. The van der Waals surface area contributed by atoms with Crippen molar-refractivity contribution in [3.05, 3.63) is 0 Å². The number of ether oxygens (including phenoxy) is 4. The maximum absolute atomic E-state index is 9.70. The van der Waals surface area contributed by atoms with Crippen molar-refractivity contribution in [2.75, 3.05) is 0 Å². The molecule has 2 rings (SSSR count). The van der Waals surface area contributed by atoms with Crippen LogP contribution in [0.5, 0.6) is 0 Å². The van der Waals surface area contributed by atoms with Crippen molar-refractivity contribution in [2.45, 2.75) is 83.6 Å². The van der Waals surface area contributed by atoms with Gasteiger partial charge in [0.1, 0.15) is 6.10 Å². The van der Waals surface area contributed by atoms with Crippen LogP contribution < -0.4 is 0 Å². The van der Waals surface area contributed by atoms with E-state index in [-0.39, 0.29) is 18.3 Å². The van der Waals surface area contributed by atoms with E-state index in [4.69, 9.17) is 18.9 Å². The van der Waals surface area contributed by atoms with E-state index >= 15 is 0 Å². The lowest BCUT2D eigenvalue weighted by molar-refractivity contribution is -0.311. The summed E-state index contributed by atoms with van der Waals surface area (Å²) in [7, 11) is 0. The molecular formula is C13H24O5. The van der Waals surface area contributed by atoms with Crippen molar-refractivity contribution in [2.24, 2.45) is 0 Å². The van der Waals surface area contributed by atoms with Crippen molar-refractivity contribution in [3.63, 3.8) is 0 Å². The molecule has 0 aromatic rings. The molecule has 4 atom stereocenters. The van der Waals surface area contributed by atoms with Gasteiger partial charge in [-0.05, 0) is 34.1 Å². The lowest BCUT2D eigenvalue weighted by atomic mass is 10.00. The Morgan fingerprint density at radius 2 is 2.00 bits per heavy atom. The molecule has 5 heteroatoms. The zero-order valence-electron chi connectivity index (χ0n) is 11.8. The summed E-state index contributed by atoms with van der Waals surface area (Å²) in [6, 6.07) is 0. The highest BCUT2D eigenvalue weighted by atomic mass is 16.8. The van der Waals surface area contributed by atoms with E-state index in [1.807, 2.05) is 20.8 Å². The summed E-state index contributed by atoms with van der Waals surface area (Å²) < 4.78 is 23.1. The Morgan fingerprint density at radius 3 is 2.56 bits per heavy atom. The van der Waals surface area contributed by atoms with E-state index in [0.29, 0.717) is 6.42 Å². The molecule has 0 bridgehead atoms. The second-order valence-corrected chi connectivity index (χ2v) is 5.95. The van der Waals surface area contributed by atoms with Gasteiger partial charge in [-0.15, -0.1) is 0 Å². The van der Waals surface area contributed by atoms with Gasteiger partial charge in [-0.1, -0.05) is 6.92 Å². The van der Waals surface area contributed by atoms with Gasteiger partial charge in [-0.3, -0.25) is 0 Å². The van der Waals surface area contributed by atoms with Crippen molar-refractivity contribution in [1.82, 2.24) is 0 Å². The molecule has 106 valence electrons. The molecule has 0 saturated carbocycles. The third-order valence-electron chi connectivity index (χ3n) is 3.16. The summed E-state index contributed by atoms with van der Waals surface area (Å²) in [6.07, 6.45) is 0.810. The standard InChI is InChI=1S/C13H24O5/c1-6-8-11-9(16-13(4,5)18-11)7-10(15-8)17-12(2,3)14/h8-11,14H,6-7H2,1-5H3. The van der Waals surface area contributed by atoms with Crippen molar-refractivity contribution in [3.8, 4) is 0 Å². The first kappa shape index (κ1) is 14.2. The molecule has 2 aliphatic rings. The average molecular weight is 260 g/mol. The molecular weight excluding hydrogens is 236 g/mol. The Balaban J connectivity index is 2.05. The van der Waals surface area contributed by atoms with Crippen LogP contribution in [0.4, 0.5) is 0 Å². The first-order valence-corrected chi connectivity index (χ1v) is 6.61. The second-order valence-electron chi connectivity index (χ2n) is 5.95. The first-order valence-electron chi connectivity index (χ1n) is 6.61. The largest absolute Gasteiger partial charge is 0.366 e. The number of hydrogen-bond acceptors (Lipinski definition) is 5. The molecule has 0 radical (unpaired) electrons. The van der Waals surface area contributed by atoms with Crippen LogP contribution in [-0.2, 0) is 18.9 Å². The zero-order chi connectivity index (χ0) is 13.6. The highest BCUT2D eigenvalue weighted by Gasteiger charge is 2.50. The van der Waals surface area contributed by atoms with Crippen LogP contribution in [0.1, 0.15) is 47.5 Å². The fourth-order valence-corrected chi connectivity index (χ4v) is 2.60. The Labute approximate surface area is 108 Å². The van der Waals surface area contributed by atoms with Crippen molar-refractivity contribution in [1.29, 1.82) is 0 Å². The monoisotopic (exact) mass is 260 g/mol. The molecule has 2 heterocycles. The summed E-state index contributed by atoms with van der Waals surface area (Å²) >= 11 is 0. The third-order valence-corrected chi connectivity index (χ3v) is 3.16. The van der Waals surface area contributed by atoms with Crippen molar-refractivity contribution >= 4 is 0 Å². The molecule has 0 aliphatic carbocycles. The van der Waals surface area contributed by atoms with Gasteiger partial charge in [0, 0.05) is 6.42 Å². The highest BCUT2D eigenvalue weighted by Crippen LogP contribution is 2.38. The van der Waals surface area contributed by atoms with Crippen LogP contribution in [0.25, 0.3) is 0 Å². The Hall–Kier alpha value is -0.200. The number of hydrogen-bond donors (Lipinski definition) is 1. The quantitative estimate of drug-likeness (QED) is 0.784. The topological polar surface area (TPSA) is 57.2 Å². The van der Waals surface area contributed by atoms with Gasteiger partial charge in [0.25, 0.3) is 0 Å². The maximum Gasteiger partial charge on any atom is 0.164 e. The lowest BCUT2D eigenvalue weighted by Gasteiger charge is -2.38. The normalized spacial score (nSPS) is 39.7. The maximum atomic E-state index is 9.70. The number of rotatable bonds is 3. The van der Waals surface area contributed by atoms with Gasteiger partial charge in [0.15, 0.2) is 17.9 Å². The van der Waals surface area contributed by atoms with Gasteiger partial charge < -0.3 is 24.1 Å². The minimum Gasteiger partial charge on any atom is -0.366 e. The molecule has 0 aromatic heterocycles. The van der Waals surface area contributed by atoms with Gasteiger partial charge in [0.2, 0.25) is 0 Å². The fourth-order valence-electron chi connectivity index (χ4n) is 2.60. The third kappa shape index (κ3) is 3.22. The predicted molar refractivity (Wildman–Crippen MR) is 64.8 cm³/mol. The van der Waals surface area contributed by atoms with Crippen molar-refractivity contribution < 1.29 is 24.1 Å². The van der Waals surface area contributed by atoms with Gasteiger partial charge in [-0.2, -0.15) is 0 Å². The van der Waals surface area contributed by atoms with Crippen LogP contribution >= 0.6 is 0 Å². The average Bonchev–Trinajstić information content (AvgIpc) is 2.48. The summed E-state index contributed by atoms with van der Waals surface area (Å²) in [4.78, 5) is 0. The lowest BCUT2D eigenvalue weighted by Crippen LogP contribution is -2.49. The fraction of sp³-hybridized carbons (Fsp3) is 1.00. The highest BCUT2D eigenvalue weighted by molar-refractivity contribution is 4.91. The molecule has 18 heavy (non-hydrogen) atoms. The minimum absolute atomic E-state index is 0.0361. The Kier molecular flexibility index (Phi) is 3.73. The Bertz CT molecular complexity index is 296. The first-order chi connectivity index (χ1) is 8.20. The summed E-state index contributed by atoms with van der Waals surface area (Å²) in [5, 5.41) is 9.70. The zero-order valence-corrected chi connectivity index (χ0v) is 11.8. The molecule has 0 aromatic carbocycles. The summed E-state index contributed by atoms with van der Waals surface area (Å²) in [6.45, 7) is 9.05. The van der Waals surface area contributed by atoms with Crippen LogP contribution in [0.15, 0.2) is 0 Å². The minimum atomic E-state index is -1.20. The Morgan fingerprint density at radius 1 is 1.33 bits per heavy atom. The van der Waals surface area contributed by atoms with E-state index in [0.717, 1.165) is 6.42 Å². The van der Waals surface area contributed by atoms with E-state index in [2.05, 4.69) is 0 Å². The molecule has 5 nitrogen and oxygen atoms in total. The molecule has 1 N–H and O–H groups in total. The molecule has 2 aliphatic heterocycles. The van der Waals surface area contributed by atoms with Crippen LogP contribution in [0.3, 0.4) is 0 Å². The van der Waals surface area contributed by atoms with E-state index in [1.165, 1.54) is 0 Å². The van der Waals surface area contributed by atoms with Gasteiger partial charge in [0.05, 0.1) is 12.2 Å². The number of aliphatic hydroxyl groups is 1. The van der Waals surface area contributed by atoms with Crippen LogP contribution in [0, 0.1) is 0 Å². The molecule has 4 unspecified atom stereocenters. The van der Waals surface area contributed by atoms with Crippen LogP contribution in [0.2, 0.25) is 0 Å². The second kappa shape index (κ2) is 4.72. The van der Waals surface area contributed by atoms with Crippen LogP contribution in [-0.4, -0.2) is 41.3 Å². The number of fused-ring (bicyclic) bond motifs is 1.